The normalized spacial score (nSPS) is 16.5. The monoisotopic (exact) mass is 382 g/mol. The number of hydrogen-bond acceptors (Lipinski definition) is 5. The third kappa shape index (κ3) is 4.62. The summed E-state index contributed by atoms with van der Waals surface area (Å²) < 4.78 is 30.8. The van der Waals surface area contributed by atoms with Crippen molar-refractivity contribution in [3.8, 4) is 0 Å². The molecule has 0 saturated heterocycles. The van der Waals surface area contributed by atoms with Crippen LogP contribution in [0.3, 0.4) is 0 Å². The Morgan fingerprint density at radius 2 is 1.85 bits per heavy atom. The molecule has 1 saturated carbocycles. The fourth-order valence-electron chi connectivity index (χ4n) is 2.86. The highest BCUT2D eigenvalue weighted by atomic mass is 32.2. The van der Waals surface area contributed by atoms with Crippen molar-refractivity contribution in [2.45, 2.75) is 56.6 Å². The van der Waals surface area contributed by atoms with Gasteiger partial charge >= 0.3 is 5.97 Å². The molecule has 0 aliphatic heterocycles. The van der Waals surface area contributed by atoms with Gasteiger partial charge in [-0.1, -0.05) is 18.9 Å². The second-order valence-corrected chi connectivity index (χ2v) is 8.95. The summed E-state index contributed by atoms with van der Waals surface area (Å²) in [6, 6.07) is 4.42. The zero-order valence-corrected chi connectivity index (χ0v) is 16.4. The summed E-state index contributed by atoms with van der Waals surface area (Å²) in [7, 11) is -0.825. The van der Waals surface area contributed by atoms with Crippen LogP contribution in [-0.4, -0.2) is 50.8 Å². The largest absolute Gasteiger partial charge is 0.449 e. The molecular weight excluding hydrogens is 356 g/mol. The van der Waals surface area contributed by atoms with Crippen LogP contribution in [-0.2, 0) is 19.6 Å². The van der Waals surface area contributed by atoms with Crippen LogP contribution in [0.15, 0.2) is 23.1 Å². The number of nitrogens with one attached hydrogen (secondary N) is 1. The summed E-state index contributed by atoms with van der Waals surface area (Å²) in [5.41, 5.74) is 0.713. The van der Waals surface area contributed by atoms with E-state index in [1.807, 2.05) is 0 Å². The van der Waals surface area contributed by atoms with Gasteiger partial charge in [0.2, 0.25) is 10.0 Å². The van der Waals surface area contributed by atoms with Crippen molar-refractivity contribution in [1.82, 2.24) is 9.62 Å². The first-order valence-corrected chi connectivity index (χ1v) is 10.1. The highest BCUT2D eigenvalue weighted by Gasteiger charge is 2.25. The molecule has 1 N–H and O–H groups in total. The zero-order chi connectivity index (χ0) is 19.5. The number of amides is 1. The second-order valence-electron chi connectivity index (χ2n) is 6.80. The quantitative estimate of drug-likeness (QED) is 0.758. The van der Waals surface area contributed by atoms with Gasteiger partial charge in [0.15, 0.2) is 6.10 Å². The minimum atomic E-state index is -3.66. The molecule has 0 aromatic heterocycles. The van der Waals surface area contributed by atoms with E-state index in [2.05, 4.69) is 5.32 Å². The summed E-state index contributed by atoms with van der Waals surface area (Å²) in [6.45, 7) is 3.20. The Labute approximate surface area is 154 Å². The van der Waals surface area contributed by atoms with E-state index in [4.69, 9.17) is 4.74 Å². The molecule has 144 valence electrons. The van der Waals surface area contributed by atoms with Gasteiger partial charge in [-0.3, -0.25) is 4.79 Å². The van der Waals surface area contributed by atoms with Crippen LogP contribution in [0, 0.1) is 6.92 Å². The van der Waals surface area contributed by atoms with Gasteiger partial charge in [-0.15, -0.1) is 0 Å². The number of aryl methyl sites for hydroxylation is 1. The third-order valence-corrected chi connectivity index (χ3v) is 6.37. The minimum Gasteiger partial charge on any atom is -0.449 e. The van der Waals surface area contributed by atoms with Gasteiger partial charge in [-0.05, 0) is 44.4 Å². The number of sulfonamides is 1. The Morgan fingerprint density at radius 3 is 2.42 bits per heavy atom. The fourth-order valence-corrected chi connectivity index (χ4v) is 3.79. The molecule has 0 heterocycles. The molecule has 1 atom stereocenters. The van der Waals surface area contributed by atoms with Gasteiger partial charge in [0, 0.05) is 20.1 Å². The number of ether oxygens (including phenoxy) is 1. The molecule has 1 aromatic carbocycles. The van der Waals surface area contributed by atoms with Gasteiger partial charge in [-0.2, -0.15) is 0 Å². The molecule has 1 amide bonds. The van der Waals surface area contributed by atoms with Gasteiger partial charge in [0.1, 0.15) is 0 Å². The van der Waals surface area contributed by atoms with Crippen molar-refractivity contribution in [1.29, 1.82) is 0 Å². The maximum Gasteiger partial charge on any atom is 0.339 e. The average Bonchev–Trinajstić information content (AvgIpc) is 3.07. The summed E-state index contributed by atoms with van der Waals surface area (Å²) in [5.74, 6) is -1.05. The highest BCUT2D eigenvalue weighted by molar-refractivity contribution is 7.89. The van der Waals surface area contributed by atoms with E-state index in [0.29, 0.717) is 5.56 Å². The minimum absolute atomic E-state index is 0.00288. The summed E-state index contributed by atoms with van der Waals surface area (Å²) in [6.07, 6.45) is 3.11. The molecule has 1 aliphatic rings. The van der Waals surface area contributed by atoms with Crippen LogP contribution in [0.4, 0.5) is 0 Å². The molecular formula is C18H26N2O5S. The molecule has 26 heavy (non-hydrogen) atoms. The molecule has 1 aromatic rings. The smallest absolute Gasteiger partial charge is 0.339 e. The molecule has 2 rings (SSSR count). The maximum absolute atomic E-state index is 12.5. The predicted octanol–water partition coefficient (Wildman–Crippen LogP) is 1.85. The van der Waals surface area contributed by atoms with Crippen LogP contribution in [0.1, 0.15) is 48.5 Å². The van der Waals surface area contributed by atoms with Crippen LogP contribution >= 0.6 is 0 Å². The topological polar surface area (TPSA) is 92.8 Å². The first kappa shape index (κ1) is 20.4. The Hall–Kier alpha value is -1.93. The third-order valence-electron chi connectivity index (χ3n) is 4.56. The number of nitrogens with zero attached hydrogens (tertiary/aromatic N) is 1. The van der Waals surface area contributed by atoms with Crippen molar-refractivity contribution in [3.05, 3.63) is 29.3 Å². The number of esters is 1. The van der Waals surface area contributed by atoms with E-state index in [1.165, 1.54) is 33.2 Å². The molecule has 0 spiro atoms. The molecule has 0 bridgehead atoms. The molecule has 0 unspecified atom stereocenters. The summed E-state index contributed by atoms with van der Waals surface area (Å²) in [5, 5.41) is 2.88. The van der Waals surface area contributed by atoms with E-state index in [9.17, 15) is 18.0 Å². The summed E-state index contributed by atoms with van der Waals surface area (Å²) >= 11 is 0. The number of carbonyl (C=O) groups excluding carboxylic acids is 2. The van der Waals surface area contributed by atoms with Gasteiger partial charge in [0.25, 0.3) is 5.91 Å². The van der Waals surface area contributed by atoms with Crippen molar-refractivity contribution in [3.63, 3.8) is 0 Å². The zero-order valence-electron chi connectivity index (χ0n) is 15.6. The Morgan fingerprint density at radius 1 is 1.23 bits per heavy atom. The lowest BCUT2D eigenvalue weighted by atomic mass is 10.1. The van der Waals surface area contributed by atoms with Crippen LogP contribution < -0.4 is 5.32 Å². The van der Waals surface area contributed by atoms with Crippen molar-refractivity contribution >= 4 is 21.9 Å². The Kier molecular flexibility index (Phi) is 6.41. The van der Waals surface area contributed by atoms with E-state index < -0.39 is 22.1 Å². The van der Waals surface area contributed by atoms with Crippen molar-refractivity contribution in [2.24, 2.45) is 0 Å². The standard InChI is InChI=1S/C18H26N2O5S/c1-12-9-10-15(26(23,24)20(3)4)11-16(12)18(22)25-13(2)17(21)19-14-7-5-6-8-14/h9-11,13-14H,5-8H2,1-4H3,(H,19,21)/t13-/m1/s1. The van der Waals surface area contributed by atoms with Crippen LogP contribution in [0.25, 0.3) is 0 Å². The fraction of sp³-hybridized carbons (Fsp3) is 0.556. The molecule has 1 fully saturated rings. The van der Waals surface area contributed by atoms with Crippen molar-refractivity contribution in [2.75, 3.05) is 14.1 Å². The molecule has 1 aliphatic carbocycles. The molecule has 8 heteroatoms. The van der Waals surface area contributed by atoms with E-state index in [-0.39, 0.29) is 22.4 Å². The predicted molar refractivity (Wildman–Crippen MR) is 97.3 cm³/mol. The Bertz CT molecular complexity index is 783. The number of benzene rings is 1. The Balaban J connectivity index is 2.12. The average molecular weight is 382 g/mol. The van der Waals surface area contributed by atoms with Crippen LogP contribution in [0.5, 0.6) is 0 Å². The van der Waals surface area contributed by atoms with Crippen LogP contribution in [0.2, 0.25) is 0 Å². The van der Waals surface area contributed by atoms with E-state index in [1.54, 1.807) is 13.0 Å². The number of hydrogen-bond donors (Lipinski definition) is 1. The number of carbonyl (C=O) groups is 2. The first-order chi connectivity index (χ1) is 12.1. The second kappa shape index (κ2) is 8.18. The summed E-state index contributed by atoms with van der Waals surface area (Å²) in [4.78, 5) is 24.6. The lowest BCUT2D eigenvalue weighted by Crippen LogP contribution is -2.40. The van der Waals surface area contributed by atoms with Gasteiger partial charge < -0.3 is 10.1 Å². The molecule has 7 nitrogen and oxygen atoms in total. The number of rotatable bonds is 6. The maximum atomic E-state index is 12.5. The first-order valence-electron chi connectivity index (χ1n) is 8.67. The van der Waals surface area contributed by atoms with Gasteiger partial charge in [0.05, 0.1) is 10.5 Å². The lowest BCUT2D eigenvalue weighted by molar-refractivity contribution is -0.129. The lowest BCUT2D eigenvalue weighted by Gasteiger charge is -2.18. The highest BCUT2D eigenvalue weighted by Crippen LogP contribution is 2.20. The van der Waals surface area contributed by atoms with Gasteiger partial charge in [-0.25, -0.2) is 17.5 Å². The van der Waals surface area contributed by atoms with E-state index >= 15 is 0 Å². The van der Waals surface area contributed by atoms with Crippen molar-refractivity contribution < 1.29 is 22.7 Å². The molecule has 0 radical (unpaired) electrons. The SMILES string of the molecule is Cc1ccc(S(=O)(=O)N(C)C)cc1C(=O)O[C@H](C)C(=O)NC1CCCC1. The van der Waals surface area contributed by atoms with E-state index in [0.717, 1.165) is 30.0 Å².